The van der Waals surface area contributed by atoms with Crippen molar-refractivity contribution in [3.63, 3.8) is 0 Å². The van der Waals surface area contributed by atoms with Crippen LogP contribution in [0.5, 0.6) is 0 Å². The van der Waals surface area contributed by atoms with Crippen molar-refractivity contribution in [1.29, 1.82) is 0 Å². The van der Waals surface area contributed by atoms with E-state index < -0.39 is 0 Å². The lowest BCUT2D eigenvalue weighted by molar-refractivity contribution is 1.29. The normalized spacial score (nSPS) is 11.2. The van der Waals surface area contributed by atoms with E-state index in [0.717, 1.165) is 17.1 Å². The van der Waals surface area contributed by atoms with Crippen LogP contribution in [0.15, 0.2) is 237 Å². The molecule has 0 aliphatic rings. The molecule has 0 unspecified atom stereocenters. The molecule has 10 rings (SSSR count). The van der Waals surface area contributed by atoms with Crippen molar-refractivity contribution in [3.8, 4) is 55.6 Å². The van der Waals surface area contributed by atoms with Crippen LogP contribution < -0.4 is 4.90 Å². The highest BCUT2D eigenvalue weighted by atomic mass is 15.1. The van der Waals surface area contributed by atoms with Gasteiger partial charge in [-0.2, -0.15) is 0 Å². The monoisotopic (exact) mass is 725 g/mol. The van der Waals surface area contributed by atoms with Crippen LogP contribution in [-0.2, 0) is 0 Å². The fourth-order valence-electron chi connectivity index (χ4n) is 8.40. The molecule has 268 valence electrons. The molecule has 0 bridgehead atoms. The van der Waals surface area contributed by atoms with Gasteiger partial charge >= 0.3 is 0 Å². The lowest BCUT2D eigenvalue weighted by atomic mass is 9.85. The van der Waals surface area contributed by atoms with Crippen molar-refractivity contribution in [1.82, 2.24) is 0 Å². The third-order valence-corrected chi connectivity index (χ3v) is 11.1. The van der Waals surface area contributed by atoms with E-state index in [4.69, 9.17) is 0 Å². The van der Waals surface area contributed by atoms with E-state index in [9.17, 15) is 0 Å². The molecular weight excluding hydrogens is 687 g/mol. The molecule has 0 saturated carbocycles. The molecule has 1 nitrogen and oxygen atoms in total. The number of para-hydroxylation sites is 1. The van der Waals surface area contributed by atoms with E-state index >= 15 is 0 Å². The summed E-state index contributed by atoms with van der Waals surface area (Å²) in [6.45, 7) is 0. The number of hydrogen-bond donors (Lipinski definition) is 0. The van der Waals surface area contributed by atoms with Crippen LogP contribution in [-0.4, -0.2) is 0 Å². The van der Waals surface area contributed by atoms with Gasteiger partial charge in [-0.25, -0.2) is 0 Å². The standard InChI is InChI=1S/C56H39N/c1-6-18-41(19-7-1)49-36-32-45(38-53(49)42-20-8-2-9-21-42)40-30-33-47(34-31-40)57(46-26-14-5-15-27-46)48-35-37-51-50-28-16-17-29-52(50)55(43-22-10-3-11-23-43)56(54(51)39-48)44-24-12-4-13-25-44/h1-39H. The first-order valence-corrected chi connectivity index (χ1v) is 19.6. The predicted octanol–water partition coefficient (Wildman–Crippen LogP) is 15.8. The van der Waals surface area contributed by atoms with E-state index in [-0.39, 0.29) is 0 Å². The fraction of sp³-hybridized carbons (Fsp3) is 0. The Hall–Kier alpha value is -7.48. The Morgan fingerprint density at radius 1 is 0.211 bits per heavy atom. The molecule has 57 heavy (non-hydrogen) atoms. The van der Waals surface area contributed by atoms with E-state index in [1.54, 1.807) is 0 Å². The minimum Gasteiger partial charge on any atom is -0.310 e. The van der Waals surface area contributed by atoms with Crippen LogP contribution in [0.25, 0.3) is 77.2 Å². The topological polar surface area (TPSA) is 3.24 Å². The summed E-state index contributed by atoms with van der Waals surface area (Å²) in [5, 5.41) is 4.97. The molecule has 10 aromatic carbocycles. The average molecular weight is 726 g/mol. The maximum absolute atomic E-state index is 2.39. The van der Waals surface area contributed by atoms with Gasteiger partial charge in [-0.15, -0.1) is 0 Å². The Morgan fingerprint density at radius 2 is 0.632 bits per heavy atom. The zero-order chi connectivity index (χ0) is 38.0. The second kappa shape index (κ2) is 15.0. The van der Waals surface area contributed by atoms with Gasteiger partial charge in [0, 0.05) is 17.1 Å². The van der Waals surface area contributed by atoms with Gasteiger partial charge in [0.25, 0.3) is 0 Å². The summed E-state index contributed by atoms with van der Waals surface area (Å²) < 4.78 is 0. The minimum absolute atomic E-state index is 1.10. The van der Waals surface area contributed by atoms with Crippen LogP contribution in [0.4, 0.5) is 17.1 Å². The van der Waals surface area contributed by atoms with Gasteiger partial charge in [0.1, 0.15) is 0 Å². The molecular formula is C56H39N. The lowest BCUT2D eigenvalue weighted by Gasteiger charge is -2.27. The lowest BCUT2D eigenvalue weighted by Crippen LogP contribution is -2.10. The Morgan fingerprint density at radius 3 is 1.23 bits per heavy atom. The highest BCUT2D eigenvalue weighted by molar-refractivity contribution is 6.22. The smallest absolute Gasteiger partial charge is 0.0468 e. The van der Waals surface area contributed by atoms with Crippen LogP contribution in [0.1, 0.15) is 0 Å². The SMILES string of the molecule is c1ccc(-c2ccc(-c3ccc(N(c4ccccc4)c4ccc5c(c4)c(-c4ccccc4)c(-c4ccccc4)c4ccccc45)cc3)cc2-c2ccccc2)cc1. The van der Waals surface area contributed by atoms with Crippen molar-refractivity contribution in [2.75, 3.05) is 4.90 Å². The number of rotatable bonds is 8. The first kappa shape index (κ1) is 34.0. The largest absolute Gasteiger partial charge is 0.310 e. The van der Waals surface area contributed by atoms with Crippen molar-refractivity contribution < 1.29 is 0 Å². The molecule has 0 N–H and O–H groups in total. The second-order valence-electron chi connectivity index (χ2n) is 14.5. The molecule has 0 heterocycles. The van der Waals surface area contributed by atoms with Crippen molar-refractivity contribution >= 4 is 38.6 Å². The first-order chi connectivity index (χ1) is 28.3. The molecule has 0 aliphatic carbocycles. The summed E-state index contributed by atoms with van der Waals surface area (Å²) >= 11 is 0. The van der Waals surface area contributed by atoms with E-state index in [0.29, 0.717) is 0 Å². The minimum atomic E-state index is 1.10. The zero-order valence-corrected chi connectivity index (χ0v) is 31.5. The van der Waals surface area contributed by atoms with Gasteiger partial charge < -0.3 is 4.90 Å². The van der Waals surface area contributed by atoms with E-state index in [2.05, 4.69) is 241 Å². The number of benzene rings is 10. The highest BCUT2D eigenvalue weighted by Gasteiger charge is 2.20. The van der Waals surface area contributed by atoms with Crippen molar-refractivity contribution in [2.45, 2.75) is 0 Å². The molecule has 10 aromatic rings. The quantitative estimate of drug-likeness (QED) is 0.141. The van der Waals surface area contributed by atoms with E-state index in [1.807, 2.05) is 0 Å². The summed E-state index contributed by atoms with van der Waals surface area (Å²) in [6.07, 6.45) is 0. The molecule has 0 saturated heterocycles. The third kappa shape index (κ3) is 6.46. The molecule has 0 radical (unpaired) electrons. The van der Waals surface area contributed by atoms with Crippen LogP contribution in [0, 0.1) is 0 Å². The van der Waals surface area contributed by atoms with Gasteiger partial charge in [-0.05, 0) is 120 Å². The number of nitrogens with zero attached hydrogens (tertiary/aromatic N) is 1. The number of anilines is 3. The molecule has 1 heteroatoms. The van der Waals surface area contributed by atoms with Gasteiger partial charge in [-0.1, -0.05) is 194 Å². The third-order valence-electron chi connectivity index (χ3n) is 11.1. The molecule has 0 aromatic heterocycles. The molecule has 0 spiro atoms. The zero-order valence-electron chi connectivity index (χ0n) is 31.5. The number of hydrogen-bond acceptors (Lipinski definition) is 1. The van der Waals surface area contributed by atoms with Gasteiger partial charge in [0.05, 0.1) is 0 Å². The fourth-order valence-corrected chi connectivity index (χ4v) is 8.40. The molecule has 0 aliphatic heterocycles. The Labute approximate surface area is 334 Å². The Kier molecular flexibility index (Phi) is 8.95. The predicted molar refractivity (Wildman–Crippen MR) is 243 cm³/mol. The van der Waals surface area contributed by atoms with Gasteiger partial charge in [0.2, 0.25) is 0 Å². The summed E-state index contributed by atoms with van der Waals surface area (Å²) in [6, 6.07) is 85.5. The van der Waals surface area contributed by atoms with Crippen LogP contribution >= 0.6 is 0 Å². The highest BCUT2D eigenvalue weighted by Crippen LogP contribution is 2.47. The summed E-state index contributed by atoms with van der Waals surface area (Å²) in [7, 11) is 0. The molecule has 0 fully saturated rings. The van der Waals surface area contributed by atoms with Crippen LogP contribution in [0.2, 0.25) is 0 Å². The maximum Gasteiger partial charge on any atom is 0.0468 e. The summed E-state index contributed by atoms with van der Waals surface area (Å²) in [5.74, 6) is 0. The van der Waals surface area contributed by atoms with Crippen molar-refractivity contribution in [2.24, 2.45) is 0 Å². The number of fused-ring (bicyclic) bond motifs is 3. The summed E-state index contributed by atoms with van der Waals surface area (Å²) in [4.78, 5) is 2.38. The second-order valence-corrected chi connectivity index (χ2v) is 14.5. The Balaban J connectivity index is 1.14. The van der Waals surface area contributed by atoms with Gasteiger partial charge in [-0.3, -0.25) is 0 Å². The summed E-state index contributed by atoms with van der Waals surface area (Å²) in [5.41, 5.74) is 15.5. The van der Waals surface area contributed by atoms with Gasteiger partial charge in [0.15, 0.2) is 0 Å². The van der Waals surface area contributed by atoms with E-state index in [1.165, 1.54) is 77.2 Å². The maximum atomic E-state index is 2.39. The molecule has 0 atom stereocenters. The Bertz CT molecular complexity index is 2960. The average Bonchev–Trinajstić information content (AvgIpc) is 3.30. The first-order valence-electron chi connectivity index (χ1n) is 19.6. The van der Waals surface area contributed by atoms with Crippen LogP contribution in [0.3, 0.4) is 0 Å². The van der Waals surface area contributed by atoms with Crippen molar-refractivity contribution in [3.05, 3.63) is 237 Å². The molecule has 0 amide bonds.